The van der Waals surface area contributed by atoms with Crippen molar-refractivity contribution in [3.8, 4) is 0 Å². The van der Waals surface area contributed by atoms with Crippen LogP contribution < -0.4 is 5.48 Å². The number of halogens is 1. The maximum Gasteiger partial charge on any atom is 0.309 e. The Morgan fingerprint density at radius 2 is 2.06 bits per heavy atom. The van der Waals surface area contributed by atoms with E-state index in [4.69, 9.17) is 21.2 Å². The SMILES string of the molecule is CCOC(=O)C/C=C(\NOC)c1ccc(Cl)cc1. The van der Waals surface area contributed by atoms with Crippen LogP contribution in [0.2, 0.25) is 5.02 Å². The molecule has 1 aromatic carbocycles. The van der Waals surface area contributed by atoms with Crippen molar-refractivity contribution in [2.24, 2.45) is 0 Å². The van der Waals surface area contributed by atoms with Crippen molar-refractivity contribution in [1.29, 1.82) is 0 Å². The number of carbonyl (C=O) groups excluding carboxylic acids is 1. The minimum Gasteiger partial charge on any atom is -0.466 e. The van der Waals surface area contributed by atoms with Crippen molar-refractivity contribution in [2.75, 3.05) is 13.7 Å². The van der Waals surface area contributed by atoms with Gasteiger partial charge in [0.2, 0.25) is 0 Å². The monoisotopic (exact) mass is 269 g/mol. The van der Waals surface area contributed by atoms with Crippen LogP contribution in [0.1, 0.15) is 18.9 Å². The number of rotatable bonds is 6. The molecule has 18 heavy (non-hydrogen) atoms. The molecule has 0 aliphatic heterocycles. The first-order chi connectivity index (χ1) is 8.67. The maximum absolute atomic E-state index is 11.3. The van der Waals surface area contributed by atoms with E-state index in [0.29, 0.717) is 17.3 Å². The number of hydrogen-bond acceptors (Lipinski definition) is 4. The van der Waals surface area contributed by atoms with E-state index in [0.717, 1.165) is 5.56 Å². The minimum atomic E-state index is -0.276. The normalized spacial score (nSPS) is 11.2. The number of carbonyl (C=O) groups is 1. The molecule has 0 spiro atoms. The van der Waals surface area contributed by atoms with Gasteiger partial charge in [-0.15, -0.1) is 0 Å². The number of ether oxygens (including phenoxy) is 1. The van der Waals surface area contributed by atoms with Crippen molar-refractivity contribution in [3.63, 3.8) is 0 Å². The summed E-state index contributed by atoms with van der Waals surface area (Å²) in [6.07, 6.45) is 1.90. The van der Waals surface area contributed by atoms with Gasteiger partial charge in [0.25, 0.3) is 0 Å². The lowest BCUT2D eigenvalue weighted by Gasteiger charge is -2.09. The molecule has 1 aromatic rings. The largest absolute Gasteiger partial charge is 0.466 e. The van der Waals surface area contributed by atoms with Gasteiger partial charge in [-0.25, -0.2) is 0 Å². The second kappa shape index (κ2) is 7.74. The Bertz CT molecular complexity index is 415. The van der Waals surface area contributed by atoms with E-state index in [2.05, 4.69) is 5.48 Å². The number of esters is 1. The molecule has 0 atom stereocenters. The first kappa shape index (κ1) is 14.5. The smallest absolute Gasteiger partial charge is 0.309 e. The Labute approximate surface area is 111 Å². The molecule has 0 radical (unpaired) electrons. The summed E-state index contributed by atoms with van der Waals surface area (Å²) in [6, 6.07) is 7.22. The first-order valence-electron chi connectivity index (χ1n) is 5.58. The molecule has 0 fully saturated rings. The Hall–Kier alpha value is -1.52. The molecular formula is C13H16ClNO3. The zero-order valence-electron chi connectivity index (χ0n) is 10.4. The van der Waals surface area contributed by atoms with Crippen LogP contribution in [0.4, 0.5) is 0 Å². The second-order valence-electron chi connectivity index (χ2n) is 3.44. The molecule has 98 valence electrons. The van der Waals surface area contributed by atoms with Gasteiger partial charge in [-0.3, -0.25) is 15.1 Å². The molecule has 0 aliphatic rings. The zero-order chi connectivity index (χ0) is 13.4. The minimum absolute atomic E-state index is 0.183. The van der Waals surface area contributed by atoms with Crippen molar-refractivity contribution in [2.45, 2.75) is 13.3 Å². The van der Waals surface area contributed by atoms with Crippen LogP contribution in [0.15, 0.2) is 30.3 Å². The van der Waals surface area contributed by atoms with Crippen molar-refractivity contribution >= 4 is 23.3 Å². The average Bonchev–Trinajstić information content (AvgIpc) is 2.36. The zero-order valence-corrected chi connectivity index (χ0v) is 11.2. The highest BCUT2D eigenvalue weighted by molar-refractivity contribution is 6.30. The number of hydroxylamine groups is 1. The van der Waals surface area contributed by atoms with Gasteiger partial charge >= 0.3 is 5.97 Å². The Morgan fingerprint density at radius 3 is 2.61 bits per heavy atom. The molecule has 0 saturated carbocycles. The molecule has 0 unspecified atom stereocenters. The fourth-order valence-electron chi connectivity index (χ4n) is 1.36. The summed E-state index contributed by atoms with van der Waals surface area (Å²) in [5, 5.41) is 0.654. The topological polar surface area (TPSA) is 47.6 Å². The van der Waals surface area contributed by atoms with E-state index in [1.807, 2.05) is 12.1 Å². The molecule has 0 heterocycles. The van der Waals surface area contributed by atoms with E-state index in [1.165, 1.54) is 7.11 Å². The molecule has 0 amide bonds. The summed E-state index contributed by atoms with van der Waals surface area (Å²) in [5.41, 5.74) is 4.30. The quantitative estimate of drug-likeness (QED) is 0.637. The van der Waals surface area contributed by atoms with E-state index in [1.54, 1.807) is 25.1 Å². The van der Waals surface area contributed by atoms with E-state index in [9.17, 15) is 4.79 Å². The summed E-state index contributed by atoms with van der Waals surface area (Å²) in [7, 11) is 1.51. The van der Waals surface area contributed by atoms with Crippen LogP contribution in [0.25, 0.3) is 5.70 Å². The summed E-state index contributed by atoms with van der Waals surface area (Å²) in [6.45, 7) is 2.15. The van der Waals surface area contributed by atoms with Gasteiger partial charge in [0.15, 0.2) is 0 Å². The van der Waals surface area contributed by atoms with Gasteiger partial charge in [-0.1, -0.05) is 23.7 Å². The van der Waals surface area contributed by atoms with Gasteiger partial charge in [0, 0.05) is 5.02 Å². The van der Waals surface area contributed by atoms with Gasteiger partial charge in [-0.05, 0) is 30.7 Å². The predicted octanol–water partition coefficient (Wildman–Crippen LogP) is 2.79. The Kier molecular flexibility index (Phi) is 6.25. The molecule has 5 heteroatoms. The summed E-state index contributed by atoms with van der Waals surface area (Å²) in [5.74, 6) is -0.276. The summed E-state index contributed by atoms with van der Waals surface area (Å²) >= 11 is 5.82. The van der Waals surface area contributed by atoms with Crippen molar-refractivity contribution in [3.05, 3.63) is 40.9 Å². The lowest BCUT2D eigenvalue weighted by molar-refractivity contribution is -0.142. The highest BCUT2D eigenvalue weighted by Crippen LogP contribution is 2.16. The summed E-state index contributed by atoms with van der Waals surface area (Å²) in [4.78, 5) is 16.2. The van der Waals surface area contributed by atoms with Gasteiger partial charge in [0.05, 0.1) is 25.8 Å². The van der Waals surface area contributed by atoms with E-state index >= 15 is 0 Å². The number of nitrogens with one attached hydrogen (secondary N) is 1. The third-order valence-electron chi connectivity index (χ3n) is 2.15. The fraction of sp³-hybridized carbons (Fsp3) is 0.308. The highest BCUT2D eigenvalue weighted by atomic mass is 35.5. The molecule has 1 N–H and O–H groups in total. The molecule has 0 aliphatic carbocycles. The molecular weight excluding hydrogens is 254 g/mol. The van der Waals surface area contributed by atoms with Crippen LogP contribution in [0, 0.1) is 0 Å². The van der Waals surface area contributed by atoms with Crippen molar-refractivity contribution in [1.82, 2.24) is 5.48 Å². The standard InChI is InChI=1S/C13H16ClNO3/c1-3-18-13(16)9-8-12(15-17-2)10-4-6-11(14)7-5-10/h4-8,15H,3,9H2,1-2H3/b12-8-. The first-order valence-corrected chi connectivity index (χ1v) is 5.96. The Morgan fingerprint density at radius 1 is 1.39 bits per heavy atom. The van der Waals surface area contributed by atoms with Crippen LogP contribution in [-0.2, 0) is 14.4 Å². The van der Waals surface area contributed by atoms with Crippen LogP contribution in [0.5, 0.6) is 0 Å². The summed E-state index contributed by atoms with van der Waals surface area (Å²) < 4.78 is 4.85. The molecule has 0 bridgehead atoms. The van der Waals surface area contributed by atoms with E-state index in [-0.39, 0.29) is 12.4 Å². The lowest BCUT2D eigenvalue weighted by atomic mass is 10.1. The van der Waals surface area contributed by atoms with Gasteiger partial charge < -0.3 is 4.74 Å². The van der Waals surface area contributed by atoms with Crippen LogP contribution in [-0.4, -0.2) is 19.7 Å². The Balaban J connectivity index is 2.78. The average molecular weight is 270 g/mol. The second-order valence-corrected chi connectivity index (χ2v) is 3.88. The third-order valence-corrected chi connectivity index (χ3v) is 2.40. The maximum atomic E-state index is 11.3. The predicted molar refractivity (Wildman–Crippen MR) is 70.8 cm³/mol. The molecule has 0 aromatic heterocycles. The molecule has 4 nitrogen and oxygen atoms in total. The number of hydrogen-bond donors (Lipinski definition) is 1. The van der Waals surface area contributed by atoms with Crippen molar-refractivity contribution < 1.29 is 14.4 Å². The van der Waals surface area contributed by atoms with E-state index < -0.39 is 0 Å². The van der Waals surface area contributed by atoms with Crippen LogP contribution >= 0.6 is 11.6 Å². The van der Waals surface area contributed by atoms with Gasteiger partial charge in [-0.2, -0.15) is 0 Å². The molecule has 1 rings (SSSR count). The number of benzene rings is 1. The van der Waals surface area contributed by atoms with Gasteiger partial charge in [0.1, 0.15) is 0 Å². The van der Waals surface area contributed by atoms with Crippen LogP contribution in [0.3, 0.4) is 0 Å². The highest BCUT2D eigenvalue weighted by Gasteiger charge is 2.04. The fourth-order valence-corrected chi connectivity index (χ4v) is 1.49. The lowest BCUT2D eigenvalue weighted by Crippen LogP contribution is -2.11. The molecule has 0 saturated heterocycles. The third kappa shape index (κ3) is 4.77.